The molecule has 12 heteroatoms. The van der Waals surface area contributed by atoms with Crippen LogP contribution in [-0.2, 0) is 30.6 Å². The van der Waals surface area contributed by atoms with E-state index in [0.29, 0.717) is 12.1 Å². The molecule has 33 heavy (non-hydrogen) atoms. The van der Waals surface area contributed by atoms with E-state index < -0.39 is 49.7 Å². The highest BCUT2D eigenvalue weighted by molar-refractivity contribution is 7.90. The van der Waals surface area contributed by atoms with Crippen LogP contribution in [0.5, 0.6) is 0 Å². The van der Waals surface area contributed by atoms with Crippen LogP contribution in [0.4, 0.5) is 11.4 Å². The third-order valence-electron chi connectivity index (χ3n) is 4.60. The average Bonchev–Trinajstić information content (AvgIpc) is 2.76. The van der Waals surface area contributed by atoms with E-state index in [-0.39, 0.29) is 12.1 Å². The van der Waals surface area contributed by atoms with Crippen LogP contribution in [0.25, 0.3) is 0 Å². The van der Waals surface area contributed by atoms with Gasteiger partial charge in [0.05, 0.1) is 17.0 Å². The van der Waals surface area contributed by atoms with E-state index in [2.05, 4.69) is 5.32 Å². The second-order valence-corrected chi connectivity index (χ2v) is 9.08. The second-order valence-electron chi connectivity index (χ2n) is 7.10. The summed E-state index contributed by atoms with van der Waals surface area (Å²) in [5, 5.41) is 13.9. The van der Waals surface area contributed by atoms with E-state index in [0.717, 1.165) is 34.9 Å². The normalized spacial score (nSPS) is 10.9. The Morgan fingerprint density at radius 1 is 1.15 bits per heavy atom. The molecule has 2 aromatic rings. The summed E-state index contributed by atoms with van der Waals surface area (Å²) in [6.45, 7) is 0.942. The quantitative estimate of drug-likeness (QED) is 0.326. The molecule has 2 rings (SSSR count). The summed E-state index contributed by atoms with van der Waals surface area (Å²) in [6.07, 6.45) is 1.52. The second kappa shape index (κ2) is 10.7. The molecule has 0 saturated carbocycles. The lowest BCUT2D eigenvalue weighted by Crippen LogP contribution is -2.37. The molecule has 0 spiro atoms. The van der Waals surface area contributed by atoms with Gasteiger partial charge in [-0.3, -0.25) is 19.7 Å². The summed E-state index contributed by atoms with van der Waals surface area (Å²) >= 11 is 0. The molecule has 2 aromatic carbocycles. The van der Waals surface area contributed by atoms with Crippen molar-refractivity contribution in [2.24, 2.45) is 0 Å². The number of amides is 2. The zero-order chi connectivity index (χ0) is 24.8. The van der Waals surface area contributed by atoms with Crippen molar-refractivity contribution in [3.8, 4) is 0 Å². The zero-order valence-corrected chi connectivity index (χ0v) is 19.0. The number of nitrogens with zero attached hydrogens (tertiary/aromatic N) is 2. The Balaban J connectivity index is 1.98. The van der Waals surface area contributed by atoms with Gasteiger partial charge in [0.2, 0.25) is 5.91 Å². The van der Waals surface area contributed by atoms with Gasteiger partial charge in [0.15, 0.2) is 16.4 Å². The predicted molar refractivity (Wildman–Crippen MR) is 119 cm³/mol. The zero-order valence-electron chi connectivity index (χ0n) is 18.2. The van der Waals surface area contributed by atoms with Gasteiger partial charge in [-0.15, -0.1) is 0 Å². The van der Waals surface area contributed by atoms with Crippen molar-refractivity contribution in [2.45, 2.75) is 18.2 Å². The minimum atomic E-state index is -3.89. The third-order valence-corrected chi connectivity index (χ3v) is 5.74. The van der Waals surface area contributed by atoms with Gasteiger partial charge in [-0.05, 0) is 30.2 Å². The number of nitro benzene ring substituents is 1. The van der Waals surface area contributed by atoms with Gasteiger partial charge < -0.3 is 15.0 Å². The number of ether oxygens (including phenoxy) is 1. The molecule has 2 amide bonds. The van der Waals surface area contributed by atoms with E-state index in [1.54, 1.807) is 12.1 Å². The first-order valence-electron chi connectivity index (χ1n) is 9.71. The molecule has 0 aliphatic carbocycles. The number of hydrogen-bond donors (Lipinski definition) is 1. The topological polar surface area (TPSA) is 153 Å². The van der Waals surface area contributed by atoms with Crippen molar-refractivity contribution in [3.05, 3.63) is 63.7 Å². The molecule has 0 atom stereocenters. The SMILES string of the molecule is CCc1ccccc1NC(=O)CN(C)C(=O)COC(=O)c1ccc(S(C)(=O)=O)c([N+](=O)[O-])c1. The highest BCUT2D eigenvalue weighted by atomic mass is 32.2. The smallest absolute Gasteiger partial charge is 0.338 e. The van der Waals surface area contributed by atoms with E-state index >= 15 is 0 Å². The van der Waals surface area contributed by atoms with Gasteiger partial charge in [0.1, 0.15) is 4.90 Å². The standard InChI is InChI=1S/C21H23N3O8S/c1-4-14-7-5-6-8-16(14)22-19(25)12-23(2)20(26)13-32-21(27)15-9-10-18(33(3,30)31)17(11-15)24(28)29/h5-11H,4,12-13H2,1-3H3,(H,22,25). The Morgan fingerprint density at radius 2 is 1.82 bits per heavy atom. The summed E-state index contributed by atoms with van der Waals surface area (Å²) in [6, 6.07) is 9.99. The van der Waals surface area contributed by atoms with Crippen LogP contribution < -0.4 is 5.32 Å². The number of esters is 1. The number of likely N-dealkylation sites (N-methyl/N-ethyl adjacent to an activating group) is 1. The molecular formula is C21H23N3O8S. The summed E-state index contributed by atoms with van der Waals surface area (Å²) < 4.78 is 28.2. The number of para-hydroxylation sites is 1. The fourth-order valence-electron chi connectivity index (χ4n) is 2.87. The molecular weight excluding hydrogens is 454 g/mol. The number of sulfone groups is 1. The molecule has 0 aromatic heterocycles. The molecule has 0 bridgehead atoms. The molecule has 0 saturated heterocycles. The third kappa shape index (κ3) is 6.84. The predicted octanol–water partition coefficient (Wildman–Crippen LogP) is 1.81. The summed E-state index contributed by atoms with van der Waals surface area (Å²) in [7, 11) is -2.53. The molecule has 0 fully saturated rings. The maximum Gasteiger partial charge on any atom is 0.338 e. The van der Waals surface area contributed by atoms with Gasteiger partial charge in [-0.2, -0.15) is 0 Å². The van der Waals surface area contributed by atoms with Crippen LogP contribution in [0.15, 0.2) is 47.4 Å². The van der Waals surface area contributed by atoms with Gasteiger partial charge in [0.25, 0.3) is 11.6 Å². The highest BCUT2D eigenvalue weighted by Crippen LogP contribution is 2.25. The van der Waals surface area contributed by atoms with Crippen molar-refractivity contribution in [2.75, 3.05) is 31.8 Å². The Morgan fingerprint density at radius 3 is 2.42 bits per heavy atom. The lowest BCUT2D eigenvalue weighted by atomic mass is 10.1. The number of carbonyl (C=O) groups excluding carboxylic acids is 3. The number of nitrogens with one attached hydrogen (secondary N) is 1. The lowest BCUT2D eigenvalue weighted by Gasteiger charge is -2.17. The Kier molecular flexibility index (Phi) is 8.24. The van der Waals surface area contributed by atoms with Gasteiger partial charge in [-0.25, -0.2) is 13.2 Å². The number of hydrogen-bond acceptors (Lipinski definition) is 8. The lowest BCUT2D eigenvalue weighted by molar-refractivity contribution is -0.387. The molecule has 176 valence electrons. The van der Waals surface area contributed by atoms with Crippen LogP contribution in [0.3, 0.4) is 0 Å². The van der Waals surface area contributed by atoms with Crippen LogP contribution in [0.1, 0.15) is 22.8 Å². The monoisotopic (exact) mass is 477 g/mol. The molecule has 0 heterocycles. The van der Waals surface area contributed by atoms with Crippen molar-refractivity contribution in [3.63, 3.8) is 0 Å². The van der Waals surface area contributed by atoms with Crippen molar-refractivity contribution < 1.29 is 32.5 Å². The van der Waals surface area contributed by atoms with Gasteiger partial charge in [-0.1, -0.05) is 25.1 Å². The van der Waals surface area contributed by atoms with E-state index in [9.17, 15) is 32.9 Å². The minimum absolute atomic E-state index is 0.289. The van der Waals surface area contributed by atoms with Crippen molar-refractivity contribution in [1.29, 1.82) is 0 Å². The van der Waals surface area contributed by atoms with Gasteiger partial charge in [0, 0.05) is 25.1 Å². The number of benzene rings is 2. The maximum atomic E-state index is 12.2. The van der Waals surface area contributed by atoms with Crippen molar-refractivity contribution in [1.82, 2.24) is 4.90 Å². The maximum absolute atomic E-state index is 12.2. The molecule has 0 aliphatic heterocycles. The van der Waals surface area contributed by atoms with Crippen LogP contribution in [0, 0.1) is 10.1 Å². The average molecular weight is 477 g/mol. The van der Waals surface area contributed by atoms with Gasteiger partial charge >= 0.3 is 5.97 Å². The summed E-state index contributed by atoms with van der Waals surface area (Å²) in [5.74, 6) is -2.17. The van der Waals surface area contributed by atoms with E-state index in [4.69, 9.17) is 4.74 Å². The number of nitro groups is 1. The van der Waals surface area contributed by atoms with Crippen LogP contribution >= 0.6 is 0 Å². The molecule has 11 nitrogen and oxygen atoms in total. The summed E-state index contributed by atoms with van der Waals surface area (Å²) in [4.78, 5) is 47.4. The number of rotatable bonds is 9. The number of aryl methyl sites for hydroxylation is 1. The first-order chi connectivity index (χ1) is 15.4. The summed E-state index contributed by atoms with van der Waals surface area (Å²) in [5.41, 5.74) is 0.499. The Bertz CT molecular complexity index is 1190. The molecule has 1 N–H and O–H groups in total. The van der Waals surface area contributed by atoms with Crippen molar-refractivity contribution >= 4 is 39.0 Å². The molecule has 0 unspecified atom stereocenters. The Labute approximate surface area is 190 Å². The largest absolute Gasteiger partial charge is 0.452 e. The fraction of sp³-hybridized carbons (Fsp3) is 0.286. The van der Waals surface area contributed by atoms with Crippen LogP contribution in [-0.4, -0.2) is 62.5 Å². The molecule has 0 aliphatic rings. The van der Waals surface area contributed by atoms with E-state index in [1.165, 1.54) is 7.05 Å². The first kappa shape index (κ1) is 25.5. The Hall–Kier alpha value is -3.80. The first-order valence-corrected chi connectivity index (χ1v) is 11.6. The number of anilines is 1. The number of carbonyl (C=O) groups is 3. The van der Waals surface area contributed by atoms with Crippen LogP contribution in [0.2, 0.25) is 0 Å². The van der Waals surface area contributed by atoms with E-state index in [1.807, 2.05) is 19.1 Å². The fourth-order valence-corrected chi connectivity index (χ4v) is 3.69. The minimum Gasteiger partial charge on any atom is -0.452 e. The highest BCUT2D eigenvalue weighted by Gasteiger charge is 2.25. The molecule has 0 radical (unpaired) electrons.